The van der Waals surface area contributed by atoms with Gasteiger partial charge in [0.05, 0.1) is 0 Å². The smallest absolute Gasteiger partial charge is 0.404 e. The van der Waals surface area contributed by atoms with Crippen molar-refractivity contribution >= 4 is 10.0 Å². The first-order valence-electron chi connectivity index (χ1n) is 8.77. The van der Waals surface area contributed by atoms with Crippen molar-refractivity contribution in [2.24, 2.45) is 0 Å². The Morgan fingerprint density at radius 1 is 1.00 bits per heavy atom. The van der Waals surface area contributed by atoms with Crippen LogP contribution in [-0.4, -0.2) is 32.2 Å². The SMILES string of the molecule is O=S(=O)(c1ccccc1OC(F)(F)F)N1CCCCC(c2ccc(F)cc2)C1. The third kappa shape index (κ3) is 4.82. The number of benzene rings is 2. The Labute approximate surface area is 160 Å². The summed E-state index contributed by atoms with van der Waals surface area (Å²) >= 11 is 0. The Kier molecular flexibility index (Phi) is 5.95. The number of hydrogen-bond acceptors (Lipinski definition) is 3. The standard InChI is InChI=1S/C19H19F4NO3S/c20-16-10-8-14(9-11-16)15-5-3-4-12-24(13-15)28(25,26)18-7-2-1-6-17(18)27-19(21,22)23/h1-2,6-11,15H,3-5,12-13H2. The molecule has 4 nitrogen and oxygen atoms in total. The number of halogens is 4. The van der Waals surface area contributed by atoms with E-state index in [-0.39, 0.29) is 24.8 Å². The molecule has 152 valence electrons. The quantitative estimate of drug-likeness (QED) is 0.679. The normalized spacial score (nSPS) is 19.2. The Morgan fingerprint density at radius 3 is 2.36 bits per heavy atom. The molecule has 0 spiro atoms. The maximum absolute atomic E-state index is 13.2. The summed E-state index contributed by atoms with van der Waals surface area (Å²) in [6.07, 6.45) is -2.95. The predicted octanol–water partition coefficient (Wildman–Crippen LogP) is 4.68. The van der Waals surface area contributed by atoms with Crippen LogP contribution in [0.2, 0.25) is 0 Å². The minimum atomic E-state index is -5.00. The van der Waals surface area contributed by atoms with Gasteiger partial charge in [-0.1, -0.05) is 30.7 Å². The van der Waals surface area contributed by atoms with Crippen molar-refractivity contribution in [3.8, 4) is 5.75 Å². The molecule has 1 heterocycles. The highest BCUT2D eigenvalue weighted by atomic mass is 32.2. The number of hydrogen-bond donors (Lipinski definition) is 0. The van der Waals surface area contributed by atoms with E-state index in [9.17, 15) is 26.0 Å². The maximum atomic E-state index is 13.2. The van der Waals surface area contributed by atoms with Gasteiger partial charge in [-0.2, -0.15) is 4.31 Å². The number of nitrogens with zero attached hydrogens (tertiary/aromatic N) is 1. The molecule has 2 aromatic carbocycles. The molecule has 2 aromatic rings. The minimum absolute atomic E-state index is 0.105. The zero-order valence-electron chi connectivity index (χ0n) is 14.8. The lowest BCUT2D eigenvalue weighted by Crippen LogP contribution is -2.34. The fourth-order valence-electron chi connectivity index (χ4n) is 3.34. The van der Waals surface area contributed by atoms with Crippen LogP contribution in [0, 0.1) is 5.82 Å². The van der Waals surface area contributed by atoms with E-state index in [2.05, 4.69) is 4.74 Å². The molecular weight excluding hydrogens is 398 g/mol. The van der Waals surface area contributed by atoms with Gasteiger partial charge >= 0.3 is 6.36 Å². The zero-order chi connectivity index (χ0) is 20.4. The molecule has 0 aromatic heterocycles. The Morgan fingerprint density at radius 2 is 1.68 bits per heavy atom. The highest BCUT2D eigenvalue weighted by molar-refractivity contribution is 7.89. The van der Waals surface area contributed by atoms with Crippen molar-refractivity contribution in [3.05, 3.63) is 59.9 Å². The molecule has 1 aliphatic rings. The lowest BCUT2D eigenvalue weighted by Gasteiger charge is -2.25. The van der Waals surface area contributed by atoms with Crippen LogP contribution < -0.4 is 4.74 Å². The van der Waals surface area contributed by atoms with Crippen LogP contribution in [0.3, 0.4) is 0 Å². The van der Waals surface area contributed by atoms with Crippen molar-refractivity contribution in [2.45, 2.75) is 36.4 Å². The fourth-order valence-corrected chi connectivity index (χ4v) is 4.98. The topological polar surface area (TPSA) is 46.6 Å². The highest BCUT2D eigenvalue weighted by Crippen LogP contribution is 2.34. The van der Waals surface area contributed by atoms with E-state index in [1.54, 1.807) is 12.1 Å². The van der Waals surface area contributed by atoms with Crippen molar-refractivity contribution in [2.75, 3.05) is 13.1 Å². The second-order valence-corrected chi connectivity index (χ2v) is 8.51. The predicted molar refractivity (Wildman–Crippen MR) is 94.9 cm³/mol. The molecule has 1 aliphatic heterocycles. The molecule has 0 bridgehead atoms. The van der Waals surface area contributed by atoms with Crippen molar-refractivity contribution in [3.63, 3.8) is 0 Å². The Bertz CT molecular complexity index is 914. The van der Waals surface area contributed by atoms with E-state index in [1.807, 2.05) is 0 Å². The Balaban J connectivity index is 1.91. The van der Waals surface area contributed by atoms with Crippen molar-refractivity contribution in [1.29, 1.82) is 0 Å². The molecule has 9 heteroatoms. The van der Waals surface area contributed by atoms with Gasteiger partial charge in [-0.3, -0.25) is 0 Å². The van der Waals surface area contributed by atoms with E-state index in [4.69, 9.17) is 0 Å². The van der Waals surface area contributed by atoms with Gasteiger partial charge in [0.25, 0.3) is 0 Å². The molecule has 1 unspecified atom stereocenters. The third-order valence-corrected chi connectivity index (χ3v) is 6.57. The average Bonchev–Trinajstić information content (AvgIpc) is 2.88. The van der Waals surface area contributed by atoms with Crippen LogP contribution in [0.4, 0.5) is 17.6 Å². The van der Waals surface area contributed by atoms with Crippen LogP contribution in [0.15, 0.2) is 53.4 Å². The van der Waals surface area contributed by atoms with Gasteiger partial charge in [0, 0.05) is 13.1 Å². The van der Waals surface area contributed by atoms with Crippen LogP contribution >= 0.6 is 0 Å². The molecule has 1 saturated heterocycles. The molecule has 0 radical (unpaired) electrons. The van der Waals surface area contributed by atoms with Crippen LogP contribution in [0.5, 0.6) is 5.75 Å². The number of rotatable bonds is 4. The molecule has 3 rings (SSSR count). The number of sulfonamides is 1. The lowest BCUT2D eigenvalue weighted by molar-refractivity contribution is -0.275. The molecule has 0 aliphatic carbocycles. The summed E-state index contributed by atoms with van der Waals surface area (Å²) in [5, 5.41) is 0. The average molecular weight is 417 g/mol. The van der Waals surface area contributed by atoms with Gasteiger partial charge in [0.15, 0.2) is 0 Å². The first-order chi connectivity index (χ1) is 13.2. The summed E-state index contributed by atoms with van der Waals surface area (Å²) < 4.78 is 82.5. The molecule has 1 fully saturated rings. The largest absolute Gasteiger partial charge is 0.573 e. The van der Waals surface area contributed by atoms with Crippen molar-refractivity contribution in [1.82, 2.24) is 4.31 Å². The summed E-state index contributed by atoms with van der Waals surface area (Å²) in [6.45, 7) is 0.300. The summed E-state index contributed by atoms with van der Waals surface area (Å²) in [7, 11) is -4.20. The second-order valence-electron chi connectivity index (χ2n) is 6.60. The second kappa shape index (κ2) is 8.08. The molecule has 0 saturated carbocycles. The van der Waals surface area contributed by atoms with Gasteiger partial charge in [-0.25, -0.2) is 12.8 Å². The molecular formula is C19H19F4NO3S. The summed E-state index contributed by atoms with van der Waals surface area (Å²) in [4.78, 5) is -0.521. The van der Waals surface area contributed by atoms with Crippen LogP contribution in [-0.2, 0) is 10.0 Å². The molecule has 0 amide bonds. The van der Waals surface area contributed by atoms with E-state index < -0.39 is 27.0 Å². The maximum Gasteiger partial charge on any atom is 0.573 e. The van der Waals surface area contributed by atoms with Gasteiger partial charge in [0.2, 0.25) is 10.0 Å². The highest BCUT2D eigenvalue weighted by Gasteiger charge is 2.36. The fraction of sp³-hybridized carbons (Fsp3) is 0.368. The summed E-state index contributed by atoms with van der Waals surface area (Å²) in [5.74, 6) is -1.31. The van der Waals surface area contributed by atoms with Crippen LogP contribution in [0.25, 0.3) is 0 Å². The van der Waals surface area contributed by atoms with E-state index in [0.29, 0.717) is 12.8 Å². The Hall–Kier alpha value is -2.13. The minimum Gasteiger partial charge on any atom is -0.404 e. The van der Waals surface area contributed by atoms with Gasteiger partial charge in [0.1, 0.15) is 16.5 Å². The number of ether oxygens (including phenoxy) is 1. The third-order valence-electron chi connectivity index (χ3n) is 4.67. The molecule has 1 atom stereocenters. The number of alkyl halides is 3. The number of para-hydroxylation sites is 1. The van der Waals surface area contributed by atoms with Crippen molar-refractivity contribution < 1.29 is 30.7 Å². The van der Waals surface area contributed by atoms with Gasteiger partial charge in [-0.15, -0.1) is 13.2 Å². The first kappa shape index (κ1) is 20.6. The summed E-state index contributed by atoms with van der Waals surface area (Å²) in [6, 6.07) is 10.6. The summed E-state index contributed by atoms with van der Waals surface area (Å²) in [5.41, 5.74) is 0.795. The van der Waals surface area contributed by atoms with Gasteiger partial charge in [-0.05, 0) is 48.6 Å². The van der Waals surface area contributed by atoms with E-state index in [0.717, 1.165) is 24.1 Å². The first-order valence-corrected chi connectivity index (χ1v) is 10.2. The van der Waals surface area contributed by atoms with E-state index >= 15 is 0 Å². The van der Waals surface area contributed by atoms with E-state index in [1.165, 1.54) is 28.6 Å². The molecule has 0 N–H and O–H groups in total. The van der Waals surface area contributed by atoms with Gasteiger partial charge < -0.3 is 4.74 Å². The zero-order valence-corrected chi connectivity index (χ0v) is 15.6. The van der Waals surface area contributed by atoms with Crippen LogP contribution in [0.1, 0.15) is 30.7 Å². The molecule has 28 heavy (non-hydrogen) atoms. The lowest BCUT2D eigenvalue weighted by atomic mass is 9.95. The monoisotopic (exact) mass is 417 g/mol.